The highest BCUT2D eigenvalue weighted by Gasteiger charge is 2.08. The molecular weight excluding hydrogens is 238 g/mol. The molecule has 0 aliphatic heterocycles. The first-order valence-electron chi connectivity index (χ1n) is 7.39. The number of rotatable bonds is 10. The van der Waals surface area contributed by atoms with Gasteiger partial charge in [0.1, 0.15) is 6.61 Å². The van der Waals surface area contributed by atoms with Crippen LogP contribution in [0.3, 0.4) is 0 Å². The van der Waals surface area contributed by atoms with E-state index in [1.54, 1.807) is 0 Å². The monoisotopic (exact) mass is 265 g/mol. The lowest BCUT2D eigenvalue weighted by atomic mass is 10.2. The summed E-state index contributed by atoms with van der Waals surface area (Å²) in [4.78, 5) is 0. The van der Waals surface area contributed by atoms with Crippen LogP contribution in [-0.4, -0.2) is 25.8 Å². The highest BCUT2D eigenvalue weighted by molar-refractivity contribution is 5.39. The Morgan fingerprint density at radius 2 is 1.68 bits per heavy atom. The van der Waals surface area contributed by atoms with Crippen molar-refractivity contribution in [1.82, 2.24) is 5.32 Å². The van der Waals surface area contributed by atoms with Gasteiger partial charge in [0.15, 0.2) is 11.5 Å². The molecule has 1 unspecified atom stereocenters. The predicted octanol–water partition coefficient (Wildman–Crippen LogP) is 3.63. The van der Waals surface area contributed by atoms with Gasteiger partial charge in [-0.05, 0) is 37.9 Å². The lowest BCUT2D eigenvalue weighted by Crippen LogP contribution is -2.34. The molecule has 0 bridgehead atoms. The molecule has 0 saturated heterocycles. The van der Waals surface area contributed by atoms with Crippen LogP contribution in [0.5, 0.6) is 11.5 Å². The Morgan fingerprint density at radius 3 is 2.26 bits per heavy atom. The van der Waals surface area contributed by atoms with Crippen LogP contribution in [0.2, 0.25) is 0 Å². The summed E-state index contributed by atoms with van der Waals surface area (Å²) < 4.78 is 11.6. The Balaban J connectivity index is 2.50. The first-order valence-corrected chi connectivity index (χ1v) is 7.39. The Hall–Kier alpha value is -1.22. The normalized spacial score (nSPS) is 12.2. The van der Waals surface area contributed by atoms with E-state index in [1.165, 1.54) is 0 Å². The van der Waals surface area contributed by atoms with Gasteiger partial charge in [0.2, 0.25) is 0 Å². The molecule has 0 aromatic heterocycles. The molecule has 19 heavy (non-hydrogen) atoms. The van der Waals surface area contributed by atoms with Crippen molar-refractivity contribution >= 4 is 0 Å². The summed E-state index contributed by atoms with van der Waals surface area (Å²) in [6.45, 7) is 8.90. The molecule has 1 aromatic rings. The number of hydrogen-bond acceptors (Lipinski definition) is 3. The molecule has 3 nitrogen and oxygen atoms in total. The molecule has 108 valence electrons. The highest BCUT2D eigenvalue weighted by atomic mass is 16.5. The molecule has 0 heterocycles. The second-order valence-electron chi connectivity index (χ2n) is 4.67. The van der Waals surface area contributed by atoms with E-state index in [1.807, 2.05) is 24.3 Å². The van der Waals surface area contributed by atoms with Crippen LogP contribution in [0.15, 0.2) is 24.3 Å². The second kappa shape index (κ2) is 9.68. The zero-order valence-electron chi connectivity index (χ0n) is 12.4. The van der Waals surface area contributed by atoms with Gasteiger partial charge in [-0.15, -0.1) is 0 Å². The van der Waals surface area contributed by atoms with E-state index < -0.39 is 0 Å². The molecule has 0 amide bonds. The molecule has 1 N–H and O–H groups in total. The molecule has 0 radical (unpaired) electrons. The molecule has 0 saturated carbocycles. The summed E-state index contributed by atoms with van der Waals surface area (Å²) in [5.41, 5.74) is 0. The van der Waals surface area contributed by atoms with E-state index in [4.69, 9.17) is 9.47 Å². The number of nitrogens with one attached hydrogen (secondary N) is 1. The van der Waals surface area contributed by atoms with Crippen LogP contribution < -0.4 is 14.8 Å². The maximum atomic E-state index is 5.90. The molecular formula is C16H27NO2. The van der Waals surface area contributed by atoms with E-state index in [9.17, 15) is 0 Å². The zero-order chi connectivity index (χ0) is 13.9. The quantitative estimate of drug-likeness (QED) is 0.700. The van der Waals surface area contributed by atoms with Crippen molar-refractivity contribution in [3.63, 3.8) is 0 Å². The second-order valence-corrected chi connectivity index (χ2v) is 4.67. The standard InChI is InChI=1S/C16H27NO2/c1-4-11-17-14(6-3)13-19-16-10-8-7-9-15(16)18-12-5-2/h7-10,14,17H,4-6,11-13H2,1-3H3. The fourth-order valence-corrected chi connectivity index (χ4v) is 1.76. The smallest absolute Gasteiger partial charge is 0.161 e. The minimum Gasteiger partial charge on any atom is -0.490 e. The minimum absolute atomic E-state index is 0.402. The lowest BCUT2D eigenvalue weighted by molar-refractivity contribution is 0.238. The van der Waals surface area contributed by atoms with Crippen LogP contribution in [0.4, 0.5) is 0 Å². The third-order valence-electron chi connectivity index (χ3n) is 2.93. The van der Waals surface area contributed by atoms with E-state index in [0.717, 1.165) is 43.9 Å². The molecule has 1 aromatic carbocycles. The van der Waals surface area contributed by atoms with Gasteiger partial charge in [-0.25, -0.2) is 0 Å². The maximum Gasteiger partial charge on any atom is 0.161 e. The topological polar surface area (TPSA) is 30.5 Å². The molecule has 1 atom stereocenters. The van der Waals surface area contributed by atoms with E-state index in [2.05, 4.69) is 26.1 Å². The SMILES string of the molecule is CCCNC(CC)COc1ccccc1OCCC. The first kappa shape index (κ1) is 15.8. The summed E-state index contributed by atoms with van der Waals surface area (Å²) in [6, 6.07) is 8.29. The number of benzene rings is 1. The fourth-order valence-electron chi connectivity index (χ4n) is 1.76. The molecule has 0 fully saturated rings. The Bertz CT molecular complexity index is 341. The van der Waals surface area contributed by atoms with Crippen LogP contribution in [0.1, 0.15) is 40.0 Å². The van der Waals surface area contributed by atoms with Gasteiger partial charge in [0.25, 0.3) is 0 Å². The van der Waals surface area contributed by atoms with Crippen molar-refractivity contribution in [3.05, 3.63) is 24.3 Å². The van der Waals surface area contributed by atoms with Crippen molar-refractivity contribution in [3.8, 4) is 11.5 Å². The first-order chi connectivity index (χ1) is 9.31. The van der Waals surface area contributed by atoms with E-state index in [0.29, 0.717) is 12.6 Å². The third-order valence-corrected chi connectivity index (χ3v) is 2.93. The fraction of sp³-hybridized carbons (Fsp3) is 0.625. The number of hydrogen-bond donors (Lipinski definition) is 1. The van der Waals surface area contributed by atoms with Gasteiger partial charge < -0.3 is 14.8 Å². The number of para-hydroxylation sites is 2. The van der Waals surface area contributed by atoms with Gasteiger partial charge in [0.05, 0.1) is 6.61 Å². The van der Waals surface area contributed by atoms with Gasteiger partial charge >= 0.3 is 0 Å². The summed E-state index contributed by atoms with van der Waals surface area (Å²) in [7, 11) is 0. The average molecular weight is 265 g/mol. The highest BCUT2D eigenvalue weighted by Crippen LogP contribution is 2.26. The lowest BCUT2D eigenvalue weighted by Gasteiger charge is -2.18. The van der Waals surface area contributed by atoms with E-state index in [-0.39, 0.29) is 0 Å². The minimum atomic E-state index is 0.402. The van der Waals surface area contributed by atoms with Gasteiger partial charge in [-0.3, -0.25) is 0 Å². The Kier molecular flexibility index (Phi) is 8.07. The molecule has 0 aliphatic carbocycles. The molecule has 1 rings (SSSR count). The van der Waals surface area contributed by atoms with Crippen molar-refractivity contribution in [1.29, 1.82) is 0 Å². The Morgan fingerprint density at radius 1 is 1.00 bits per heavy atom. The molecule has 0 spiro atoms. The number of ether oxygens (including phenoxy) is 2. The largest absolute Gasteiger partial charge is 0.490 e. The van der Waals surface area contributed by atoms with Gasteiger partial charge in [-0.2, -0.15) is 0 Å². The van der Waals surface area contributed by atoms with Crippen molar-refractivity contribution in [2.75, 3.05) is 19.8 Å². The van der Waals surface area contributed by atoms with Crippen molar-refractivity contribution in [2.24, 2.45) is 0 Å². The molecule has 3 heteroatoms. The zero-order valence-corrected chi connectivity index (χ0v) is 12.4. The molecule has 0 aliphatic rings. The van der Waals surface area contributed by atoms with Crippen molar-refractivity contribution in [2.45, 2.75) is 46.1 Å². The average Bonchev–Trinajstić information content (AvgIpc) is 2.46. The van der Waals surface area contributed by atoms with Crippen LogP contribution in [-0.2, 0) is 0 Å². The van der Waals surface area contributed by atoms with Crippen LogP contribution in [0.25, 0.3) is 0 Å². The van der Waals surface area contributed by atoms with Crippen LogP contribution >= 0.6 is 0 Å². The summed E-state index contributed by atoms with van der Waals surface area (Å²) in [5.74, 6) is 1.68. The third kappa shape index (κ3) is 5.97. The summed E-state index contributed by atoms with van der Waals surface area (Å²) >= 11 is 0. The Labute approximate surface area is 117 Å². The van der Waals surface area contributed by atoms with Gasteiger partial charge in [-0.1, -0.05) is 32.9 Å². The summed E-state index contributed by atoms with van der Waals surface area (Å²) in [5, 5.41) is 3.49. The van der Waals surface area contributed by atoms with E-state index >= 15 is 0 Å². The van der Waals surface area contributed by atoms with Crippen LogP contribution in [0, 0.1) is 0 Å². The maximum absolute atomic E-state index is 5.90. The summed E-state index contributed by atoms with van der Waals surface area (Å²) in [6.07, 6.45) is 3.22. The van der Waals surface area contributed by atoms with Gasteiger partial charge in [0, 0.05) is 6.04 Å². The predicted molar refractivity (Wildman–Crippen MR) is 80.1 cm³/mol. The van der Waals surface area contributed by atoms with Crippen molar-refractivity contribution < 1.29 is 9.47 Å².